The van der Waals surface area contributed by atoms with Crippen molar-refractivity contribution in [1.82, 2.24) is 46.8 Å². The van der Waals surface area contributed by atoms with Gasteiger partial charge >= 0.3 is 5.97 Å². The second kappa shape index (κ2) is 23.7. The first-order chi connectivity index (χ1) is 33.4. The van der Waals surface area contributed by atoms with E-state index in [1.54, 1.807) is 18.5 Å². The first-order valence-electron chi connectivity index (χ1n) is 23.6. The number of nitrogens with one attached hydrogen (secondary N) is 8. The van der Waals surface area contributed by atoms with Gasteiger partial charge in [-0.05, 0) is 74.6 Å². The smallest absolute Gasteiger partial charge is 0.303 e. The number of aliphatic imine (C=N–C) groups is 1. The first kappa shape index (κ1) is 51.9. The third-order valence-corrected chi connectivity index (χ3v) is 12.5. The van der Waals surface area contributed by atoms with Crippen LogP contribution in [0, 0.1) is 5.92 Å². The van der Waals surface area contributed by atoms with E-state index in [-0.39, 0.29) is 63.5 Å². The van der Waals surface area contributed by atoms with Gasteiger partial charge in [0.25, 0.3) is 0 Å². The number of carboxylic acids is 1. The van der Waals surface area contributed by atoms with E-state index < -0.39 is 109 Å². The molecule has 2 aromatic heterocycles. The number of aliphatic hydroxyl groups excluding tert-OH is 1. The zero-order valence-electron chi connectivity index (χ0n) is 39.5. The predicted molar refractivity (Wildman–Crippen MR) is 258 cm³/mol. The number of rotatable bonds is 14. The molecular formula is C48H64N12O10. The molecule has 2 aliphatic heterocycles. The summed E-state index contributed by atoms with van der Waals surface area (Å²) in [6.45, 7) is 5.05. The van der Waals surface area contributed by atoms with Gasteiger partial charge in [-0.2, -0.15) is 0 Å². The maximum absolute atomic E-state index is 14.8. The molecule has 0 spiro atoms. The van der Waals surface area contributed by atoms with Crippen LogP contribution < -0.4 is 43.4 Å². The fourth-order valence-corrected chi connectivity index (χ4v) is 8.97. The number of guanidine groups is 1. The van der Waals surface area contributed by atoms with Gasteiger partial charge in [-0.15, -0.1) is 0 Å². The molecule has 0 radical (unpaired) electrons. The van der Waals surface area contributed by atoms with E-state index in [1.165, 1.54) is 11.8 Å². The van der Waals surface area contributed by atoms with Crippen LogP contribution in [0.4, 0.5) is 0 Å². The van der Waals surface area contributed by atoms with Gasteiger partial charge in [-0.3, -0.25) is 43.3 Å². The molecule has 8 unspecified atom stereocenters. The van der Waals surface area contributed by atoms with Crippen molar-refractivity contribution in [3.05, 3.63) is 72.1 Å². The molecule has 2 saturated heterocycles. The molecule has 22 nitrogen and oxygen atoms in total. The largest absolute Gasteiger partial charge is 0.481 e. The number of hydrogen-bond donors (Lipinski definition) is 12. The van der Waals surface area contributed by atoms with Crippen LogP contribution in [0.15, 0.2) is 65.9 Å². The van der Waals surface area contributed by atoms with E-state index in [1.807, 2.05) is 56.3 Å². The van der Waals surface area contributed by atoms with Crippen molar-refractivity contribution in [1.29, 1.82) is 0 Å². The summed E-state index contributed by atoms with van der Waals surface area (Å²) in [5.74, 6) is -7.41. The van der Waals surface area contributed by atoms with Gasteiger partial charge in [0.2, 0.25) is 41.4 Å². The molecule has 70 heavy (non-hydrogen) atoms. The summed E-state index contributed by atoms with van der Waals surface area (Å²) in [6, 6.07) is 4.83. The summed E-state index contributed by atoms with van der Waals surface area (Å²) >= 11 is 0. The molecule has 14 N–H and O–H groups in total. The fraction of sp³-hybridized carbons (Fsp3) is 0.479. The molecule has 8 atom stereocenters. The molecule has 6 rings (SSSR count). The standard InChI is InChI=1S/C48H64N12O10/c1-25(2)20-35-42(65)57-36(21-27-23-52-31-12-6-4-10-29(27)31)43(66)58-37(22-28-24-53-32-13-7-5-11-30(28)32)44(67)59-40(26(3)61)46(69)55-34(16-17-39(62)63)47(70)60-19-9-15-38(60)45(68)54-33(41(64)56-35)14-8-18-51-48(49)50/h4-7,10-13,23-26,33-38,40,52-53,61H,8-9,14-22H2,1-3H3,(H,54,68)(H,55,69)(H,56,64)(H,57,65)(H,58,66)(H,59,67)(H,62,63)(H4,49,50,51). The molecule has 0 aliphatic carbocycles. The lowest BCUT2D eigenvalue weighted by atomic mass is 9.99. The third-order valence-electron chi connectivity index (χ3n) is 12.5. The minimum Gasteiger partial charge on any atom is -0.481 e. The fourth-order valence-electron chi connectivity index (χ4n) is 8.97. The van der Waals surface area contributed by atoms with Gasteiger partial charge in [0, 0.05) is 66.6 Å². The van der Waals surface area contributed by atoms with Gasteiger partial charge < -0.3 is 68.4 Å². The molecule has 0 saturated carbocycles. The third kappa shape index (κ3) is 13.4. The van der Waals surface area contributed by atoms with Crippen molar-refractivity contribution in [2.24, 2.45) is 22.4 Å². The summed E-state index contributed by atoms with van der Waals surface area (Å²) in [5.41, 5.74) is 13.8. The van der Waals surface area contributed by atoms with Crippen molar-refractivity contribution >= 4 is 75.1 Å². The maximum atomic E-state index is 14.8. The van der Waals surface area contributed by atoms with E-state index in [4.69, 9.17) is 11.5 Å². The van der Waals surface area contributed by atoms with Gasteiger partial charge in [0.15, 0.2) is 5.96 Å². The second-order valence-corrected chi connectivity index (χ2v) is 18.4. The van der Waals surface area contributed by atoms with Gasteiger partial charge in [0.05, 0.1) is 6.10 Å². The number of aromatic amines is 2. The Morgan fingerprint density at radius 1 is 0.686 bits per heavy atom. The molecule has 0 bridgehead atoms. The normalized spacial score (nSPS) is 23.9. The Morgan fingerprint density at radius 2 is 1.20 bits per heavy atom. The number of carboxylic acid groups (broad SMARTS) is 1. The molecule has 2 aromatic carbocycles. The highest BCUT2D eigenvalue weighted by atomic mass is 16.4. The molecule has 4 aromatic rings. The Bertz CT molecular complexity index is 2590. The molecule has 376 valence electrons. The number of carbonyl (C=O) groups is 8. The van der Waals surface area contributed by atoms with Crippen molar-refractivity contribution in [3.63, 3.8) is 0 Å². The highest BCUT2D eigenvalue weighted by Crippen LogP contribution is 2.23. The first-order valence-corrected chi connectivity index (χ1v) is 23.6. The highest BCUT2D eigenvalue weighted by Gasteiger charge is 2.41. The molecule has 7 amide bonds. The number of fused-ring (bicyclic) bond motifs is 3. The van der Waals surface area contributed by atoms with Crippen LogP contribution >= 0.6 is 0 Å². The van der Waals surface area contributed by atoms with Crippen LogP contribution in [-0.4, -0.2) is 140 Å². The van der Waals surface area contributed by atoms with E-state index in [0.29, 0.717) is 17.5 Å². The number of carbonyl (C=O) groups excluding carboxylic acids is 7. The van der Waals surface area contributed by atoms with Crippen molar-refractivity contribution in [3.8, 4) is 0 Å². The highest BCUT2D eigenvalue weighted by molar-refractivity contribution is 5.99. The average Bonchev–Trinajstić information content (AvgIpc) is 4.08. The van der Waals surface area contributed by atoms with E-state index in [0.717, 1.165) is 21.8 Å². The van der Waals surface area contributed by atoms with E-state index in [2.05, 4.69) is 46.9 Å². The average molecular weight is 969 g/mol. The van der Waals surface area contributed by atoms with Crippen molar-refractivity contribution < 1.29 is 48.6 Å². The number of aliphatic hydroxyl groups is 1. The lowest BCUT2D eigenvalue weighted by molar-refractivity contribution is -0.144. The topological polar surface area (TPSA) is 348 Å². The van der Waals surface area contributed by atoms with Gasteiger partial charge in [-0.25, -0.2) is 0 Å². The quantitative estimate of drug-likeness (QED) is 0.0440. The number of nitrogens with two attached hydrogens (primary N) is 2. The Hall–Kier alpha value is -7.49. The van der Waals surface area contributed by atoms with Crippen LogP contribution in [0.25, 0.3) is 21.8 Å². The Morgan fingerprint density at radius 3 is 1.76 bits per heavy atom. The number of H-pyrrole nitrogens is 2. The Balaban J connectivity index is 1.44. The van der Waals surface area contributed by atoms with E-state index in [9.17, 15) is 48.6 Å². The number of aromatic nitrogens is 2. The SMILES string of the molecule is CC(C)CC1NC(=O)C(CCCN=C(N)N)NC(=O)C2CCCN2C(=O)C(CCC(=O)O)NC(=O)C(C(C)O)NC(=O)C(Cc2c[nH]c3ccccc23)NC(=O)C(Cc2c[nH]c3ccccc23)NC1=O. The van der Waals surface area contributed by atoms with Crippen LogP contribution in [0.3, 0.4) is 0 Å². The Labute approximate surface area is 403 Å². The van der Waals surface area contributed by atoms with Crippen molar-refractivity contribution in [2.45, 2.75) is 127 Å². The number of benzene rings is 2. The van der Waals surface area contributed by atoms with Gasteiger partial charge in [0.1, 0.15) is 42.3 Å². The minimum atomic E-state index is -1.74. The number of hydrogen-bond acceptors (Lipinski definition) is 10. The van der Waals surface area contributed by atoms with Gasteiger partial charge in [-0.1, -0.05) is 50.2 Å². The lowest BCUT2D eigenvalue weighted by Gasteiger charge is -2.31. The monoisotopic (exact) mass is 968 g/mol. The lowest BCUT2D eigenvalue weighted by Crippen LogP contribution is -2.62. The molecule has 4 heterocycles. The minimum absolute atomic E-state index is 0.00644. The number of aliphatic carboxylic acids is 1. The zero-order chi connectivity index (χ0) is 50.6. The summed E-state index contributed by atoms with van der Waals surface area (Å²) in [4.78, 5) is 124. The number of nitrogens with zero attached hydrogens (tertiary/aromatic N) is 2. The molecular weight excluding hydrogens is 905 g/mol. The predicted octanol–water partition coefficient (Wildman–Crippen LogP) is -0.307. The molecule has 22 heteroatoms. The van der Waals surface area contributed by atoms with Crippen LogP contribution in [0.1, 0.15) is 76.8 Å². The zero-order valence-corrected chi connectivity index (χ0v) is 39.5. The Kier molecular flexibility index (Phi) is 17.6. The summed E-state index contributed by atoms with van der Waals surface area (Å²) < 4.78 is 0. The van der Waals surface area contributed by atoms with E-state index >= 15 is 0 Å². The summed E-state index contributed by atoms with van der Waals surface area (Å²) in [6.07, 6.45) is 1.36. The maximum Gasteiger partial charge on any atom is 0.303 e. The van der Waals surface area contributed by atoms with Crippen molar-refractivity contribution in [2.75, 3.05) is 13.1 Å². The summed E-state index contributed by atoms with van der Waals surface area (Å²) in [7, 11) is 0. The second-order valence-electron chi connectivity index (χ2n) is 18.4. The summed E-state index contributed by atoms with van der Waals surface area (Å²) in [5, 5.41) is 38.4. The molecule has 2 aliphatic rings. The van der Waals surface area contributed by atoms with Crippen LogP contribution in [0.2, 0.25) is 0 Å². The van der Waals surface area contributed by atoms with Crippen LogP contribution in [-0.2, 0) is 51.2 Å². The number of amides is 7. The number of para-hydroxylation sites is 2. The molecule has 2 fully saturated rings. The van der Waals surface area contributed by atoms with Crippen LogP contribution in [0.5, 0.6) is 0 Å².